The van der Waals surface area contributed by atoms with Crippen molar-refractivity contribution in [2.45, 2.75) is 0 Å². The number of piperidine rings is 1. The SMILES string of the molecule is O=C1/C(=C/c2ccc(N3CCOCC3)cc2)CNC/C1=C\c1ccc(N2CCOCC2)cc1. The molecule has 2 aromatic carbocycles. The van der Waals surface area contributed by atoms with Gasteiger partial charge in [0, 0.05) is 61.8 Å². The van der Waals surface area contributed by atoms with Crippen LogP contribution in [0.25, 0.3) is 12.2 Å². The third-order valence-electron chi connectivity index (χ3n) is 6.43. The van der Waals surface area contributed by atoms with Gasteiger partial charge in [0.25, 0.3) is 0 Å². The Hall–Kier alpha value is -2.93. The second-order valence-corrected chi connectivity index (χ2v) is 8.65. The van der Waals surface area contributed by atoms with E-state index < -0.39 is 0 Å². The van der Waals surface area contributed by atoms with Crippen LogP contribution in [0.5, 0.6) is 0 Å². The number of carbonyl (C=O) groups is 1. The van der Waals surface area contributed by atoms with Crippen LogP contribution in [0.3, 0.4) is 0 Å². The molecule has 3 heterocycles. The standard InChI is InChI=1S/C27H31N3O3/c31-27-23(17-21-1-5-25(6-2-21)29-9-13-32-14-10-29)19-28-20-24(27)18-22-3-7-26(8-4-22)30-11-15-33-16-12-30/h1-8,17-18,28H,9-16,19-20H2/b23-17+,24-18+. The van der Waals surface area contributed by atoms with Crippen molar-refractivity contribution in [3.63, 3.8) is 0 Å². The third-order valence-corrected chi connectivity index (χ3v) is 6.43. The maximum atomic E-state index is 13.1. The minimum atomic E-state index is 0.128. The maximum absolute atomic E-state index is 13.1. The molecular weight excluding hydrogens is 414 g/mol. The molecule has 5 rings (SSSR count). The van der Waals surface area contributed by atoms with Crippen molar-refractivity contribution in [1.82, 2.24) is 5.32 Å². The van der Waals surface area contributed by atoms with Crippen LogP contribution in [-0.4, -0.2) is 71.5 Å². The molecule has 0 amide bonds. The lowest BCUT2D eigenvalue weighted by Gasteiger charge is -2.29. The summed E-state index contributed by atoms with van der Waals surface area (Å²) in [5.74, 6) is 0.128. The quantitative estimate of drug-likeness (QED) is 0.731. The minimum absolute atomic E-state index is 0.128. The highest BCUT2D eigenvalue weighted by Gasteiger charge is 2.20. The number of benzene rings is 2. The molecule has 0 radical (unpaired) electrons. The lowest BCUT2D eigenvalue weighted by atomic mass is 9.95. The van der Waals surface area contributed by atoms with Crippen molar-refractivity contribution in [3.05, 3.63) is 70.8 Å². The van der Waals surface area contributed by atoms with Gasteiger partial charge in [-0.25, -0.2) is 0 Å². The molecule has 0 aliphatic carbocycles. The van der Waals surface area contributed by atoms with E-state index in [0.717, 1.165) is 74.9 Å². The van der Waals surface area contributed by atoms with E-state index in [4.69, 9.17) is 9.47 Å². The molecule has 0 bridgehead atoms. The summed E-state index contributed by atoms with van der Waals surface area (Å²) in [6.45, 7) is 7.97. The average molecular weight is 446 g/mol. The van der Waals surface area contributed by atoms with Crippen molar-refractivity contribution in [2.24, 2.45) is 0 Å². The summed E-state index contributed by atoms with van der Waals surface area (Å²) >= 11 is 0. The van der Waals surface area contributed by atoms with Crippen molar-refractivity contribution in [3.8, 4) is 0 Å². The van der Waals surface area contributed by atoms with Gasteiger partial charge in [0.15, 0.2) is 5.78 Å². The van der Waals surface area contributed by atoms with Gasteiger partial charge in [-0.3, -0.25) is 4.79 Å². The van der Waals surface area contributed by atoms with E-state index in [2.05, 4.69) is 63.6 Å². The Balaban J connectivity index is 1.27. The summed E-state index contributed by atoms with van der Waals surface area (Å²) in [6.07, 6.45) is 4.01. The molecule has 6 heteroatoms. The molecule has 3 aliphatic heterocycles. The van der Waals surface area contributed by atoms with Crippen LogP contribution >= 0.6 is 0 Å². The molecule has 3 aliphatic rings. The largest absolute Gasteiger partial charge is 0.378 e. The highest BCUT2D eigenvalue weighted by atomic mass is 16.5. The Morgan fingerprint density at radius 3 is 1.42 bits per heavy atom. The summed E-state index contributed by atoms with van der Waals surface area (Å²) in [6, 6.07) is 16.9. The average Bonchev–Trinajstić information content (AvgIpc) is 2.88. The predicted octanol–water partition coefficient (Wildman–Crippen LogP) is 3.00. The molecule has 0 unspecified atom stereocenters. The molecule has 3 fully saturated rings. The number of morpholine rings is 2. The molecule has 6 nitrogen and oxygen atoms in total. The fourth-order valence-corrected chi connectivity index (χ4v) is 4.54. The Kier molecular flexibility index (Phi) is 6.86. The Morgan fingerprint density at radius 2 is 1.03 bits per heavy atom. The number of carbonyl (C=O) groups excluding carboxylic acids is 1. The number of Topliss-reactive ketones (excluding diaryl/α,β-unsaturated/α-hetero) is 1. The molecule has 3 saturated heterocycles. The molecule has 0 saturated carbocycles. The first-order chi connectivity index (χ1) is 16.3. The Bertz CT molecular complexity index is 934. The van der Waals surface area contributed by atoms with Crippen molar-refractivity contribution in [1.29, 1.82) is 0 Å². The van der Waals surface area contributed by atoms with Crippen LogP contribution in [0, 0.1) is 0 Å². The van der Waals surface area contributed by atoms with Crippen LogP contribution in [0.15, 0.2) is 59.7 Å². The van der Waals surface area contributed by atoms with Gasteiger partial charge in [0.2, 0.25) is 0 Å². The molecule has 0 aromatic heterocycles. The summed E-state index contributed by atoms with van der Waals surface area (Å²) in [5.41, 5.74) is 6.11. The molecule has 0 atom stereocenters. The molecule has 33 heavy (non-hydrogen) atoms. The van der Waals surface area contributed by atoms with Gasteiger partial charge in [-0.1, -0.05) is 24.3 Å². The van der Waals surface area contributed by atoms with Crippen molar-refractivity contribution < 1.29 is 14.3 Å². The Labute approximate surface area is 195 Å². The first kappa shape index (κ1) is 21.9. The second-order valence-electron chi connectivity index (χ2n) is 8.65. The number of ketones is 1. The minimum Gasteiger partial charge on any atom is -0.378 e. The van der Waals surface area contributed by atoms with Crippen LogP contribution in [-0.2, 0) is 14.3 Å². The van der Waals surface area contributed by atoms with Gasteiger partial charge in [0.05, 0.1) is 26.4 Å². The Morgan fingerprint density at radius 1 is 0.636 bits per heavy atom. The molecular formula is C27H31N3O3. The highest BCUT2D eigenvalue weighted by molar-refractivity contribution is 6.14. The topological polar surface area (TPSA) is 54.0 Å². The highest BCUT2D eigenvalue weighted by Crippen LogP contribution is 2.22. The van der Waals surface area contributed by atoms with Crippen LogP contribution in [0.2, 0.25) is 0 Å². The summed E-state index contributed by atoms with van der Waals surface area (Å²) in [7, 11) is 0. The van der Waals surface area contributed by atoms with Gasteiger partial charge in [-0.05, 0) is 47.5 Å². The van der Waals surface area contributed by atoms with Gasteiger partial charge in [0.1, 0.15) is 0 Å². The normalized spacial score (nSPS) is 22.2. The first-order valence-electron chi connectivity index (χ1n) is 11.8. The molecule has 1 N–H and O–H groups in total. The van der Waals surface area contributed by atoms with E-state index >= 15 is 0 Å². The zero-order valence-electron chi connectivity index (χ0n) is 19.0. The number of nitrogens with zero attached hydrogens (tertiary/aromatic N) is 2. The fourth-order valence-electron chi connectivity index (χ4n) is 4.54. The van der Waals surface area contributed by atoms with Gasteiger partial charge in [-0.2, -0.15) is 0 Å². The summed E-state index contributed by atoms with van der Waals surface area (Å²) in [4.78, 5) is 17.8. The fraction of sp³-hybridized carbons (Fsp3) is 0.370. The van der Waals surface area contributed by atoms with Crippen LogP contribution in [0.4, 0.5) is 11.4 Å². The van der Waals surface area contributed by atoms with Crippen LogP contribution in [0.1, 0.15) is 11.1 Å². The van der Waals surface area contributed by atoms with E-state index in [-0.39, 0.29) is 5.78 Å². The first-order valence-corrected chi connectivity index (χ1v) is 11.8. The monoisotopic (exact) mass is 445 g/mol. The van der Waals surface area contributed by atoms with E-state index in [0.29, 0.717) is 13.1 Å². The van der Waals surface area contributed by atoms with Crippen molar-refractivity contribution in [2.75, 3.05) is 75.5 Å². The van der Waals surface area contributed by atoms with E-state index in [1.165, 1.54) is 11.4 Å². The zero-order chi connectivity index (χ0) is 22.5. The number of rotatable bonds is 4. The van der Waals surface area contributed by atoms with E-state index in [1.807, 2.05) is 12.2 Å². The number of nitrogens with one attached hydrogen (secondary N) is 1. The smallest absolute Gasteiger partial charge is 0.187 e. The number of hydrogen-bond acceptors (Lipinski definition) is 6. The molecule has 2 aromatic rings. The zero-order valence-corrected chi connectivity index (χ0v) is 19.0. The van der Waals surface area contributed by atoms with Gasteiger partial charge >= 0.3 is 0 Å². The number of ether oxygens (including phenoxy) is 2. The lowest BCUT2D eigenvalue weighted by molar-refractivity contribution is -0.112. The molecule has 172 valence electrons. The maximum Gasteiger partial charge on any atom is 0.187 e. The van der Waals surface area contributed by atoms with E-state index in [1.54, 1.807) is 0 Å². The summed E-state index contributed by atoms with van der Waals surface area (Å²) in [5, 5.41) is 3.38. The van der Waals surface area contributed by atoms with Gasteiger partial charge in [-0.15, -0.1) is 0 Å². The van der Waals surface area contributed by atoms with Gasteiger partial charge < -0.3 is 24.6 Å². The second kappa shape index (κ2) is 10.3. The van der Waals surface area contributed by atoms with Crippen LogP contribution < -0.4 is 15.1 Å². The van der Waals surface area contributed by atoms with Crippen molar-refractivity contribution >= 4 is 29.3 Å². The third kappa shape index (κ3) is 5.36. The van der Waals surface area contributed by atoms with E-state index in [9.17, 15) is 4.79 Å². The predicted molar refractivity (Wildman–Crippen MR) is 133 cm³/mol. The summed E-state index contributed by atoms with van der Waals surface area (Å²) < 4.78 is 10.9. The lowest BCUT2D eigenvalue weighted by Crippen LogP contribution is -2.36. The number of anilines is 2. The molecule has 0 spiro atoms. The number of hydrogen-bond donors (Lipinski definition) is 1.